The van der Waals surface area contributed by atoms with Gasteiger partial charge in [0, 0.05) is 25.1 Å². The van der Waals surface area contributed by atoms with E-state index in [4.69, 9.17) is 0 Å². The Kier molecular flexibility index (Phi) is 5.20. The molecule has 0 saturated heterocycles. The number of anilines is 1. The Morgan fingerprint density at radius 2 is 1.76 bits per heavy atom. The van der Waals surface area contributed by atoms with E-state index in [2.05, 4.69) is 10.6 Å². The van der Waals surface area contributed by atoms with Gasteiger partial charge in [0.15, 0.2) is 0 Å². The maximum absolute atomic E-state index is 11.5. The molecule has 0 aromatic heterocycles. The number of aryl methyl sites for hydroxylation is 1. The number of carbonyl (C=O) groups excluding carboxylic acids is 2. The van der Waals surface area contributed by atoms with E-state index >= 15 is 0 Å². The van der Waals surface area contributed by atoms with Crippen LogP contribution in [0.3, 0.4) is 0 Å². The molecule has 0 saturated carbocycles. The van der Waals surface area contributed by atoms with Crippen molar-refractivity contribution in [3.05, 3.63) is 29.8 Å². The van der Waals surface area contributed by atoms with Gasteiger partial charge in [-0.1, -0.05) is 24.6 Å². The van der Waals surface area contributed by atoms with E-state index in [1.165, 1.54) is 0 Å². The molecular formula is C13H18N2O2. The minimum atomic E-state index is -0.0924. The Balaban J connectivity index is 2.30. The second-order valence-corrected chi connectivity index (χ2v) is 3.87. The zero-order valence-corrected chi connectivity index (χ0v) is 10.2. The molecule has 1 aromatic carbocycles. The van der Waals surface area contributed by atoms with Crippen molar-refractivity contribution in [2.45, 2.75) is 26.7 Å². The van der Waals surface area contributed by atoms with Crippen molar-refractivity contribution in [2.75, 3.05) is 11.9 Å². The molecule has 4 heteroatoms. The normalized spacial score (nSPS) is 9.76. The van der Waals surface area contributed by atoms with Gasteiger partial charge in [0.1, 0.15) is 0 Å². The van der Waals surface area contributed by atoms with Crippen molar-refractivity contribution in [1.29, 1.82) is 0 Å². The maximum atomic E-state index is 11.5. The minimum absolute atomic E-state index is 0.0341. The quantitative estimate of drug-likeness (QED) is 0.816. The van der Waals surface area contributed by atoms with Crippen LogP contribution in [0.1, 0.15) is 25.3 Å². The van der Waals surface area contributed by atoms with Gasteiger partial charge in [-0.15, -0.1) is 0 Å². The molecule has 92 valence electrons. The third-order valence-corrected chi connectivity index (χ3v) is 2.33. The molecule has 0 aliphatic heterocycles. The van der Waals surface area contributed by atoms with Gasteiger partial charge in [0.2, 0.25) is 11.8 Å². The summed E-state index contributed by atoms with van der Waals surface area (Å²) in [5, 5.41) is 5.43. The Labute approximate surface area is 101 Å². The van der Waals surface area contributed by atoms with Crippen LogP contribution in [0, 0.1) is 6.92 Å². The molecule has 0 spiro atoms. The van der Waals surface area contributed by atoms with Crippen molar-refractivity contribution in [3.8, 4) is 0 Å². The first-order valence-corrected chi connectivity index (χ1v) is 5.75. The molecule has 0 unspecified atom stereocenters. The van der Waals surface area contributed by atoms with Crippen LogP contribution in [-0.2, 0) is 9.59 Å². The SMILES string of the molecule is CCC(=O)NCCC(=O)Nc1ccc(C)cc1. The van der Waals surface area contributed by atoms with E-state index in [9.17, 15) is 9.59 Å². The Hall–Kier alpha value is -1.84. The number of benzene rings is 1. The predicted molar refractivity (Wildman–Crippen MR) is 67.7 cm³/mol. The highest BCUT2D eigenvalue weighted by Gasteiger charge is 2.03. The lowest BCUT2D eigenvalue weighted by Gasteiger charge is -2.06. The molecule has 1 aromatic rings. The molecule has 2 N–H and O–H groups in total. The lowest BCUT2D eigenvalue weighted by atomic mass is 10.2. The average molecular weight is 234 g/mol. The second-order valence-electron chi connectivity index (χ2n) is 3.87. The van der Waals surface area contributed by atoms with Crippen LogP contribution in [0.2, 0.25) is 0 Å². The number of hydrogen-bond acceptors (Lipinski definition) is 2. The van der Waals surface area contributed by atoms with Gasteiger partial charge < -0.3 is 10.6 Å². The van der Waals surface area contributed by atoms with Gasteiger partial charge in [0.05, 0.1) is 0 Å². The lowest BCUT2D eigenvalue weighted by Crippen LogP contribution is -2.26. The van der Waals surface area contributed by atoms with Crippen molar-refractivity contribution in [3.63, 3.8) is 0 Å². The van der Waals surface area contributed by atoms with Crippen molar-refractivity contribution in [1.82, 2.24) is 5.32 Å². The van der Waals surface area contributed by atoms with Gasteiger partial charge in [-0.05, 0) is 19.1 Å². The Morgan fingerprint density at radius 1 is 1.12 bits per heavy atom. The van der Waals surface area contributed by atoms with E-state index in [0.717, 1.165) is 11.3 Å². The first kappa shape index (κ1) is 13.2. The number of carbonyl (C=O) groups is 2. The van der Waals surface area contributed by atoms with E-state index in [1.807, 2.05) is 31.2 Å². The summed E-state index contributed by atoms with van der Waals surface area (Å²) in [6, 6.07) is 7.60. The molecule has 1 rings (SSSR count). The summed E-state index contributed by atoms with van der Waals surface area (Å²) in [7, 11) is 0. The highest BCUT2D eigenvalue weighted by molar-refractivity contribution is 5.91. The minimum Gasteiger partial charge on any atom is -0.356 e. The van der Waals surface area contributed by atoms with Crippen molar-refractivity contribution in [2.24, 2.45) is 0 Å². The maximum Gasteiger partial charge on any atom is 0.226 e. The smallest absolute Gasteiger partial charge is 0.226 e. The fraction of sp³-hybridized carbons (Fsp3) is 0.385. The predicted octanol–water partition coefficient (Wildman–Crippen LogP) is 1.85. The fourth-order valence-corrected chi connectivity index (χ4v) is 1.30. The molecule has 0 aliphatic carbocycles. The van der Waals surface area contributed by atoms with Gasteiger partial charge in [-0.3, -0.25) is 9.59 Å². The fourth-order valence-electron chi connectivity index (χ4n) is 1.30. The zero-order chi connectivity index (χ0) is 12.7. The standard InChI is InChI=1S/C13H18N2O2/c1-3-12(16)14-9-8-13(17)15-11-6-4-10(2)5-7-11/h4-7H,3,8-9H2,1-2H3,(H,14,16)(H,15,17). The van der Waals surface area contributed by atoms with Crippen LogP contribution in [-0.4, -0.2) is 18.4 Å². The summed E-state index contributed by atoms with van der Waals surface area (Å²) in [6.07, 6.45) is 0.735. The number of amides is 2. The van der Waals surface area contributed by atoms with Crippen LogP contribution in [0.4, 0.5) is 5.69 Å². The molecule has 0 bridgehead atoms. The van der Waals surface area contributed by atoms with Gasteiger partial charge in [-0.2, -0.15) is 0 Å². The van der Waals surface area contributed by atoms with Crippen LogP contribution < -0.4 is 10.6 Å². The zero-order valence-electron chi connectivity index (χ0n) is 10.2. The summed E-state index contributed by atoms with van der Waals surface area (Å²) in [4.78, 5) is 22.5. The highest BCUT2D eigenvalue weighted by Crippen LogP contribution is 2.08. The van der Waals surface area contributed by atoms with Gasteiger partial charge >= 0.3 is 0 Å². The molecule has 17 heavy (non-hydrogen) atoms. The molecule has 0 heterocycles. The molecule has 0 aliphatic rings. The third kappa shape index (κ3) is 5.15. The molecular weight excluding hydrogens is 216 g/mol. The summed E-state index contributed by atoms with van der Waals surface area (Å²) >= 11 is 0. The summed E-state index contributed by atoms with van der Waals surface area (Å²) in [5.41, 5.74) is 1.93. The monoisotopic (exact) mass is 234 g/mol. The third-order valence-electron chi connectivity index (χ3n) is 2.33. The van der Waals surface area contributed by atoms with Crippen molar-refractivity contribution >= 4 is 17.5 Å². The lowest BCUT2D eigenvalue weighted by molar-refractivity contribution is -0.121. The van der Waals surface area contributed by atoms with E-state index in [-0.39, 0.29) is 11.8 Å². The molecule has 0 fully saturated rings. The van der Waals surface area contributed by atoms with E-state index in [0.29, 0.717) is 19.4 Å². The number of hydrogen-bond donors (Lipinski definition) is 2. The van der Waals surface area contributed by atoms with Crippen LogP contribution in [0.5, 0.6) is 0 Å². The van der Waals surface area contributed by atoms with Crippen molar-refractivity contribution < 1.29 is 9.59 Å². The summed E-state index contributed by atoms with van der Waals surface area (Å²) in [6.45, 7) is 4.15. The summed E-state index contributed by atoms with van der Waals surface area (Å²) < 4.78 is 0. The second kappa shape index (κ2) is 6.68. The number of nitrogens with one attached hydrogen (secondary N) is 2. The van der Waals surface area contributed by atoms with Gasteiger partial charge in [0.25, 0.3) is 0 Å². The highest BCUT2D eigenvalue weighted by atomic mass is 16.2. The molecule has 2 amide bonds. The topological polar surface area (TPSA) is 58.2 Å². The molecule has 0 atom stereocenters. The Morgan fingerprint density at radius 3 is 2.35 bits per heavy atom. The van der Waals surface area contributed by atoms with Crippen LogP contribution >= 0.6 is 0 Å². The van der Waals surface area contributed by atoms with Crippen LogP contribution in [0.25, 0.3) is 0 Å². The largest absolute Gasteiger partial charge is 0.356 e. The average Bonchev–Trinajstić information content (AvgIpc) is 2.32. The molecule has 0 radical (unpaired) electrons. The first-order valence-electron chi connectivity index (χ1n) is 5.75. The van der Waals surface area contributed by atoms with E-state index < -0.39 is 0 Å². The Bertz CT molecular complexity index is 385. The van der Waals surface area contributed by atoms with Gasteiger partial charge in [-0.25, -0.2) is 0 Å². The van der Waals surface area contributed by atoms with E-state index in [1.54, 1.807) is 6.92 Å². The van der Waals surface area contributed by atoms with Crippen LogP contribution in [0.15, 0.2) is 24.3 Å². The first-order chi connectivity index (χ1) is 8.11. The number of rotatable bonds is 5. The summed E-state index contributed by atoms with van der Waals surface area (Å²) in [5.74, 6) is -0.126. The molecule has 4 nitrogen and oxygen atoms in total.